The number of hydrogen-bond donors (Lipinski definition) is 12. The van der Waals surface area contributed by atoms with Gasteiger partial charge in [-0.1, -0.05) is 0 Å². The molecular weight excluding hydrogens is 666 g/mol. The van der Waals surface area contributed by atoms with Gasteiger partial charge in [-0.15, -0.1) is 0 Å². The number of fused-ring (bicyclic) bond motifs is 1. The average molecular weight is 694 g/mol. The van der Waals surface area contributed by atoms with E-state index in [4.69, 9.17) is 40.6 Å². The van der Waals surface area contributed by atoms with Crippen molar-refractivity contribution in [2.24, 2.45) is 5.73 Å². The highest BCUT2D eigenvalue weighted by atomic mass is 31.3. The zero-order valence-electron chi connectivity index (χ0n) is 23.1. The molecule has 3 rings (SSSR count). The van der Waals surface area contributed by atoms with Crippen molar-refractivity contribution in [1.29, 1.82) is 0 Å². The highest BCUT2D eigenvalue weighted by Crippen LogP contribution is 2.53. The van der Waals surface area contributed by atoms with E-state index in [1.54, 1.807) is 12.1 Å². The molecule has 0 saturated heterocycles. The molecule has 3 aromatic rings. The number of amides is 1. The molecule has 1 aromatic carbocycles. The van der Waals surface area contributed by atoms with Crippen LogP contribution in [0, 0.1) is 0 Å². The zero-order valence-corrected chi connectivity index (χ0v) is 24.9. The molecule has 0 saturated carbocycles. The molecule has 25 heteroatoms. The van der Waals surface area contributed by atoms with E-state index in [0.29, 0.717) is 11.4 Å². The second-order valence-electron chi connectivity index (χ2n) is 8.37. The topological polar surface area (TPSA) is 401 Å². The lowest BCUT2D eigenvalue weighted by Crippen LogP contribution is -2.41. The van der Waals surface area contributed by atoms with E-state index in [-0.39, 0.29) is 48.6 Å². The number of carbonyl (C=O) groups excluding carboxylic acids is 1. The number of aliphatic carboxylic acids is 3. The van der Waals surface area contributed by atoms with Crippen molar-refractivity contribution in [3.8, 4) is 0 Å². The van der Waals surface area contributed by atoms with Gasteiger partial charge in [-0.2, -0.15) is 9.29 Å². The number of nitrogen functional groups attached to an aromatic ring is 1. The molecule has 1 atom stereocenters. The molecular formula is C21H28N8O15P2. The fraction of sp³-hybridized carbons (Fsp3) is 0.238. The van der Waals surface area contributed by atoms with E-state index in [0.717, 1.165) is 0 Å². The van der Waals surface area contributed by atoms with Crippen LogP contribution < -0.4 is 27.7 Å². The number of phosphoric acid groups is 2. The van der Waals surface area contributed by atoms with Crippen molar-refractivity contribution in [2.75, 3.05) is 17.6 Å². The second-order valence-corrected chi connectivity index (χ2v) is 11.0. The largest absolute Gasteiger partial charge is 0.481 e. The van der Waals surface area contributed by atoms with E-state index >= 15 is 0 Å². The average Bonchev–Trinajstić information content (AvgIpc) is 2.92. The van der Waals surface area contributed by atoms with E-state index < -0.39 is 51.1 Å². The molecule has 2 aromatic heterocycles. The Labute approximate surface area is 256 Å². The molecule has 0 aliphatic rings. The fourth-order valence-corrected chi connectivity index (χ4v) is 4.00. The number of aromatic amines is 1. The number of carboxylic acid groups (broad SMARTS) is 3. The standard InChI is InChI=1S/C19H19N7O6.C2H5NO2.H4O7P2/c20-19-25-15-14(17(30)26-19)23-11(8-22-15)7-21-10-3-1-9(2-4-10)16(29)24-12(18(31)32)5-6-13(27)28;3-1-2(4)5;1-8(2,3)7-9(4,5)6/h1-4,8,12,21H,5-7H2,(H,24,29)(H,27,28)(H,31,32)(H3,20,22,25,26,30);1,3H2,(H,4,5);(H2,1,2,3)(H2,4,5,6). The minimum Gasteiger partial charge on any atom is -0.481 e. The number of anilines is 2. The summed E-state index contributed by atoms with van der Waals surface area (Å²) in [5.74, 6) is -4.12. The lowest BCUT2D eigenvalue weighted by molar-refractivity contribution is -0.140. The molecule has 1 unspecified atom stereocenters. The van der Waals surface area contributed by atoms with E-state index in [9.17, 15) is 33.1 Å². The molecule has 0 bridgehead atoms. The fourth-order valence-electron chi connectivity index (χ4n) is 2.89. The minimum absolute atomic E-state index is 0.0524. The molecule has 0 spiro atoms. The quantitative estimate of drug-likeness (QED) is 0.0927. The number of aromatic nitrogens is 4. The Balaban J connectivity index is 0.000000631. The third kappa shape index (κ3) is 15.7. The summed E-state index contributed by atoms with van der Waals surface area (Å²) in [5, 5.41) is 30.8. The number of nitrogens with zero attached hydrogens (tertiary/aromatic N) is 3. The Morgan fingerprint density at radius 1 is 0.957 bits per heavy atom. The lowest BCUT2D eigenvalue weighted by atomic mass is 10.1. The van der Waals surface area contributed by atoms with Crippen molar-refractivity contribution < 1.29 is 67.5 Å². The Morgan fingerprint density at radius 2 is 1.52 bits per heavy atom. The number of H-pyrrole nitrogens is 1. The second kappa shape index (κ2) is 17.6. The summed E-state index contributed by atoms with van der Waals surface area (Å²) in [6.07, 6.45) is 0.840. The van der Waals surface area contributed by atoms with Gasteiger partial charge in [0.2, 0.25) is 5.95 Å². The number of benzene rings is 1. The number of carbonyl (C=O) groups is 4. The van der Waals surface area contributed by atoms with Crippen molar-refractivity contribution in [3.05, 3.63) is 52.1 Å². The van der Waals surface area contributed by atoms with Crippen LogP contribution in [0.1, 0.15) is 28.9 Å². The van der Waals surface area contributed by atoms with Crippen LogP contribution in [0.2, 0.25) is 0 Å². The van der Waals surface area contributed by atoms with Crippen LogP contribution >= 0.6 is 15.6 Å². The van der Waals surface area contributed by atoms with Gasteiger partial charge in [-0.3, -0.25) is 24.2 Å². The Hall–Kier alpha value is -4.86. The smallest absolute Gasteiger partial charge is 0.478 e. The zero-order chi connectivity index (χ0) is 35.2. The predicted molar refractivity (Wildman–Crippen MR) is 154 cm³/mol. The summed E-state index contributed by atoms with van der Waals surface area (Å²) < 4.78 is 22.2. The molecule has 46 heavy (non-hydrogen) atoms. The Bertz CT molecular complexity index is 1670. The van der Waals surface area contributed by atoms with Gasteiger partial charge in [-0.05, 0) is 30.7 Å². The molecule has 0 radical (unpaired) electrons. The first-order chi connectivity index (χ1) is 21.2. The molecule has 252 valence electrons. The summed E-state index contributed by atoms with van der Waals surface area (Å²) in [5.41, 5.74) is 11.0. The molecule has 0 fully saturated rings. The van der Waals surface area contributed by atoms with Crippen LogP contribution in [0.3, 0.4) is 0 Å². The van der Waals surface area contributed by atoms with Crippen molar-refractivity contribution in [1.82, 2.24) is 25.3 Å². The van der Waals surface area contributed by atoms with Crippen molar-refractivity contribution in [3.63, 3.8) is 0 Å². The van der Waals surface area contributed by atoms with Crippen LogP contribution in [0.15, 0.2) is 35.3 Å². The van der Waals surface area contributed by atoms with Gasteiger partial charge in [0.05, 0.1) is 25.0 Å². The van der Waals surface area contributed by atoms with Crippen LogP contribution in [0.25, 0.3) is 11.2 Å². The summed E-state index contributed by atoms with van der Waals surface area (Å²) >= 11 is 0. The minimum atomic E-state index is -5.05. The molecule has 0 aliphatic carbocycles. The van der Waals surface area contributed by atoms with Crippen LogP contribution in [-0.2, 0) is 34.4 Å². The van der Waals surface area contributed by atoms with Crippen LogP contribution in [0.5, 0.6) is 0 Å². The number of nitrogens with two attached hydrogens (primary N) is 2. The summed E-state index contributed by atoms with van der Waals surface area (Å²) in [7, 11) is -10.1. The van der Waals surface area contributed by atoms with E-state index in [1.165, 1.54) is 18.3 Å². The maximum atomic E-state index is 12.3. The number of rotatable bonds is 12. The van der Waals surface area contributed by atoms with Crippen molar-refractivity contribution in [2.45, 2.75) is 25.4 Å². The summed E-state index contributed by atoms with van der Waals surface area (Å²) in [4.78, 5) is 101. The van der Waals surface area contributed by atoms with Crippen LogP contribution in [0.4, 0.5) is 11.6 Å². The first-order valence-electron chi connectivity index (χ1n) is 12.1. The third-order valence-electron chi connectivity index (χ3n) is 4.74. The first-order valence-corrected chi connectivity index (χ1v) is 15.1. The molecule has 14 N–H and O–H groups in total. The SMILES string of the molecule is NCC(=O)O.Nc1nc2ncc(CNc3ccc(C(=O)NC(CCC(=O)O)C(=O)O)cc3)nc2c(=O)[nH]1.O=P(O)(O)OP(=O)(O)O. The van der Waals surface area contributed by atoms with Crippen LogP contribution in [-0.4, -0.2) is 91.2 Å². The van der Waals surface area contributed by atoms with E-state index in [1.807, 2.05) is 0 Å². The Morgan fingerprint density at radius 3 is 1.98 bits per heavy atom. The molecule has 23 nitrogen and oxygen atoms in total. The highest BCUT2D eigenvalue weighted by molar-refractivity contribution is 7.60. The number of nitrogens with one attached hydrogen (secondary N) is 3. The number of hydrogen-bond acceptors (Lipinski definition) is 14. The highest BCUT2D eigenvalue weighted by Gasteiger charge is 2.28. The van der Waals surface area contributed by atoms with Gasteiger partial charge in [-0.25, -0.2) is 23.9 Å². The summed E-state index contributed by atoms with van der Waals surface area (Å²) in [6, 6.07) is 4.86. The van der Waals surface area contributed by atoms with Gasteiger partial charge < -0.3 is 57.0 Å². The third-order valence-corrected chi connectivity index (χ3v) is 6.45. The van der Waals surface area contributed by atoms with Gasteiger partial charge in [0, 0.05) is 17.7 Å². The van der Waals surface area contributed by atoms with Gasteiger partial charge >= 0.3 is 33.6 Å². The van der Waals surface area contributed by atoms with Gasteiger partial charge in [0.1, 0.15) is 6.04 Å². The maximum absolute atomic E-state index is 12.3. The molecule has 0 aliphatic heterocycles. The first kappa shape index (κ1) is 39.2. The molecule has 2 heterocycles. The predicted octanol–water partition coefficient (Wildman–Crippen LogP) is -1.83. The van der Waals surface area contributed by atoms with Crippen molar-refractivity contribution >= 4 is 62.3 Å². The number of carboxylic acids is 3. The van der Waals surface area contributed by atoms with Gasteiger partial charge in [0.25, 0.3) is 11.5 Å². The summed E-state index contributed by atoms with van der Waals surface area (Å²) in [6.45, 7) is -0.0470. The normalized spacial score (nSPS) is 11.6. The Kier molecular flexibility index (Phi) is 15.0. The molecule has 1 amide bonds. The van der Waals surface area contributed by atoms with E-state index in [2.05, 4.69) is 40.6 Å². The van der Waals surface area contributed by atoms with Gasteiger partial charge in [0.15, 0.2) is 11.2 Å². The monoisotopic (exact) mass is 694 g/mol. The maximum Gasteiger partial charge on any atom is 0.478 e. The lowest BCUT2D eigenvalue weighted by Gasteiger charge is -2.14.